The molecule has 0 aromatic heterocycles. The number of carboxylic acid groups (broad SMARTS) is 1. The highest BCUT2D eigenvalue weighted by Crippen LogP contribution is 2.11. The van der Waals surface area contributed by atoms with Crippen molar-refractivity contribution in [1.82, 2.24) is 0 Å². The van der Waals surface area contributed by atoms with Crippen molar-refractivity contribution in [2.45, 2.75) is 96.5 Å². The standard InChI is InChI=1S/C18H34O3/c1-2-3-4-5-6-7-8-9-10-11-12-13-14-15-16-17(19)18(20)21/h6-7,17,19H,2-5,8-16H2,1H3,(H,20,21)/b7-6+. The second-order valence-corrected chi connectivity index (χ2v) is 5.87. The minimum Gasteiger partial charge on any atom is -0.479 e. The smallest absolute Gasteiger partial charge is 0.332 e. The van der Waals surface area contributed by atoms with E-state index in [9.17, 15) is 4.79 Å². The van der Waals surface area contributed by atoms with Gasteiger partial charge in [-0.05, 0) is 32.1 Å². The second-order valence-electron chi connectivity index (χ2n) is 5.87. The van der Waals surface area contributed by atoms with Crippen molar-refractivity contribution in [3.63, 3.8) is 0 Å². The first-order valence-electron chi connectivity index (χ1n) is 8.74. The molecule has 0 bridgehead atoms. The maximum absolute atomic E-state index is 10.4. The normalized spacial score (nSPS) is 12.9. The van der Waals surface area contributed by atoms with Crippen LogP contribution >= 0.6 is 0 Å². The molecule has 1 unspecified atom stereocenters. The van der Waals surface area contributed by atoms with Crippen LogP contribution in [0.1, 0.15) is 90.4 Å². The first-order valence-corrected chi connectivity index (χ1v) is 8.74. The summed E-state index contributed by atoms with van der Waals surface area (Å²) >= 11 is 0. The molecule has 3 heteroatoms. The molecule has 0 aliphatic heterocycles. The molecule has 2 N–H and O–H groups in total. The van der Waals surface area contributed by atoms with Gasteiger partial charge in [0.2, 0.25) is 0 Å². The highest BCUT2D eigenvalue weighted by atomic mass is 16.4. The minimum absolute atomic E-state index is 0.387. The minimum atomic E-state index is -1.17. The van der Waals surface area contributed by atoms with E-state index < -0.39 is 12.1 Å². The molecule has 124 valence electrons. The number of aliphatic carboxylic acids is 1. The van der Waals surface area contributed by atoms with Gasteiger partial charge in [0.1, 0.15) is 0 Å². The van der Waals surface area contributed by atoms with Crippen LogP contribution in [-0.4, -0.2) is 22.3 Å². The molecule has 0 saturated heterocycles. The van der Waals surface area contributed by atoms with Gasteiger partial charge in [-0.25, -0.2) is 4.79 Å². The van der Waals surface area contributed by atoms with Gasteiger partial charge in [0, 0.05) is 0 Å². The summed E-state index contributed by atoms with van der Waals surface area (Å²) < 4.78 is 0. The Hall–Kier alpha value is -0.830. The molecule has 0 spiro atoms. The Labute approximate surface area is 130 Å². The van der Waals surface area contributed by atoms with Gasteiger partial charge in [-0.2, -0.15) is 0 Å². The Morgan fingerprint density at radius 3 is 1.86 bits per heavy atom. The molecule has 0 radical (unpaired) electrons. The summed E-state index contributed by atoms with van der Waals surface area (Å²) in [6, 6.07) is 0. The van der Waals surface area contributed by atoms with E-state index in [-0.39, 0.29) is 0 Å². The Morgan fingerprint density at radius 2 is 1.33 bits per heavy atom. The van der Waals surface area contributed by atoms with Crippen LogP contribution in [-0.2, 0) is 4.79 Å². The first-order chi connectivity index (χ1) is 10.2. The molecule has 0 aliphatic rings. The van der Waals surface area contributed by atoms with Gasteiger partial charge in [-0.3, -0.25) is 0 Å². The topological polar surface area (TPSA) is 57.5 Å². The lowest BCUT2D eigenvalue weighted by molar-refractivity contribution is -0.146. The average molecular weight is 298 g/mol. The zero-order valence-electron chi connectivity index (χ0n) is 13.7. The van der Waals surface area contributed by atoms with Crippen molar-refractivity contribution >= 4 is 5.97 Å². The maximum atomic E-state index is 10.4. The Bertz CT molecular complexity index is 261. The molecular weight excluding hydrogens is 264 g/mol. The van der Waals surface area contributed by atoms with Gasteiger partial charge in [0.05, 0.1) is 0 Å². The number of aliphatic hydroxyl groups excluding tert-OH is 1. The summed E-state index contributed by atoms with van der Waals surface area (Å²) in [5.74, 6) is -1.10. The fourth-order valence-electron chi connectivity index (χ4n) is 2.36. The van der Waals surface area contributed by atoms with Gasteiger partial charge in [0.25, 0.3) is 0 Å². The summed E-state index contributed by atoms with van der Waals surface area (Å²) in [5.41, 5.74) is 0. The van der Waals surface area contributed by atoms with E-state index in [2.05, 4.69) is 19.1 Å². The first kappa shape index (κ1) is 20.2. The lowest BCUT2D eigenvalue weighted by atomic mass is 10.1. The zero-order valence-corrected chi connectivity index (χ0v) is 13.7. The quantitative estimate of drug-likeness (QED) is 0.327. The summed E-state index contributed by atoms with van der Waals surface area (Å²) in [4.78, 5) is 10.4. The van der Waals surface area contributed by atoms with Gasteiger partial charge in [-0.15, -0.1) is 0 Å². The van der Waals surface area contributed by atoms with Crippen LogP contribution < -0.4 is 0 Å². The predicted octanol–water partition coefficient (Wildman–Crippen LogP) is 5.08. The number of hydrogen-bond acceptors (Lipinski definition) is 2. The summed E-state index contributed by atoms with van der Waals surface area (Å²) in [5, 5.41) is 17.6. The fourth-order valence-corrected chi connectivity index (χ4v) is 2.36. The third kappa shape index (κ3) is 15.4. The average Bonchev–Trinajstić information content (AvgIpc) is 2.47. The Kier molecular flexibility index (Phi) is 14.9. The molecule has 0 aromatic carbocycles. The van der Waals surface area contributed by atoms with Crippen LogP contribution in [0.3, 0.4) is 0 Å². The molecule has 0 aromatic rings. The van der Waals surface area contributed by atoms with Crippen LogP contribution in [0.4, 0.5) is 0 Å². The molecule has 0 rings (SSSR count). The van der Waals surface area contributed by atoms with Crippen molar-refractivity contribution in [2.24, 2.45) is 0 Å². The molecule has 0 saturated carbocycles. The summed E-state index contributed by atoms with van der Waals surface area (Å²) in [6.07, 6.45) is 18.3. The van der Waals surface area contributed by atoms with E-state index >= 15 is 0 Å². The van der Waals surface area contributed by atoms with Gasteiger partial charge >= 0.3 is 5.97 Å². The van der Waals surface area contributed by atoms with Crippen molar-refractivity contribution in [1.29, 1.82) is 0 Å². The van der Waals surface area contributed by atoms with E-state index in [4.69, 9.17) is 10.2 Å². The molecule has 3 nitrogen and oxygen atoms in total. The van der Waals surface area contributed by atoms with Gasteiger partial charge in [-0.1, -0.05) is 70.4 Å². The van der Waals surface area contributed by atoms with E-state index in [0.717, 1.165) is 19.3 Å². The van der Waals surface area contributed by atoms with Crippen molar-refractivity contribution in [3.05, 3.63) is 12.2 Å². The van der Waals surface area contributed by atoms with Crippen LogP contribution in [0.2, 0.25) is 0 Å². The third-order valence-corrected chi connectivity index (χ3v) is 3.77. The van der Waals surface area contributed by atoms with E-state index in [1.165, 1.54) is 57.8 Å². The number of rotatable bonds is 15. The van der Waals surface area contributed by atoms with E-state index in [1.807, 2.05) is 0 Å². The summed E-state index contributed by atoms with van der Waals surface area (Å²) in [6.45, 7) is 2.23. The number of hydrogen-bond donors (Lipinski definition) is 2. The van der Waals surface area contributed by atoms with Crippen molar-refractivity contribution in [2.75, 3.05) is 0 Å². The molecule has 21 heavy (non-hydrogen) atoms. The molecule has 0 amide bonds. The number of aliphatic hydroxyl groups is 1. The lowest BCUT2D eigenvalue weighted by Gasteiger charge is -2.04. The zero-order chi connectivity index (χ0) is 15.8. The maximum Gasteiger partial charge on any atom is 0.332 e. The number of unbranched alkanes of at least 4 members (excludes halogenated alkanes) is 10. The number of allylic oxidation sites excluding steroid dienone is 2. The monoisotopic (exact) mass is 298 g/mol. The lowest BCUT2D eigenvalue weighted by Crippen LogP contribution is -2.18. The Balaban J connectivity index is 3.14. The summed E-state index contributed by atoms with van der Waals surface area (Å²) in [7, 11) is 0. The third-order valence-electron chi connectivity index (χ3n) is 3.77. The highest BCUT2D eigenvalue weighted by Gasteiger charge is 2.11. The largest absolute Gasteiger partial charge is 0.479 e. The van der Waals surface area contributed by atoms with Crippen LogP contribution in [0.25, 0.3) is 0 Å². The Morgan fingerprint density at radius 1 is 0.857 bits per heavy atom. The van der Waals surface area contributed by atoms with Crippen molar-refractivity contribution in [3.8, 4) is 0 Å². The highest BCUT2D eigenvalue weighted by molar-refractivity contribution is 5.71. The van der Waals surface area contributed by atoms with Crippen LogP contribution in [0.5, 0.6) is 0 Å². The van der Waals surface area contributed by atoms with Gasteiger partial charge < -0.3 is 10.2 Å². The fraction of sp³-hybridized carbons (Fsp3) is 0.833. The predicted molar refractivity (Wildman–Crippen MR) is 88.5 cm³/mol. The molecule has 1 atom stereocenters. The molecular formula is C18H34O3. The number of carbonyl (C=O) groups is 1. The molecule has 0 aliphatic carbocycles. The van der Waals surface area contributed by atoms with E-state index in [1.54, 1.807) is 0 Å². The van der Waals surface area contributed by atoms with Crippen LogP contribution in [0.15, 0.2) is 12.2 Å². The molecule has 0 fully saturated rings. The second kappa shape index (κ2) is 15.6. The van der Waals surface area contributed by atoms with Gasteiger partial charge in [0.15, 0.2) is 6.10 Å². The molecule has 0 heterocycles. The van der Waals surface area contributed by atoms with Crippen LogP contribution in [0, 0.1) is 0 Å². The van der Waals surface area contributed by atoms with E-state index in [0.29, 0.717) is 6.42 Å². The number of carboxylic acids is 1. The van der Waals surface area contributed by atoms with Crippen molar-refractivity contribution < 1.29 is 15.0 Å². The SMILES string of the molecule is CCCCC/C=C/CCCCCCCCCC(O)C(=O)O.